The van der Waals surface area contributed by atoms with Gasteiger partial charge in [-0.3, -0.25) is 9.69 Å². The lowest BCUT2D eigenvalue weighted by atomic mass is 10.1. The fourth-order valence-corrected chi connectivity index (χ4v) is 2.93. The minimum atomic E-state index is -0.962. The zero-order valence-electron chi connectivity index (χ0n) is 12.0. The van der Waals surface area contributed by atoms with E-state index in [1.807, 2.05) is 0 Å². The van der Waals surface area contributed by atoms with Gasteiger partial charge in [0.2, 0.25) is 0 Å². The van der Waals surface area contributed by atoms with Gasteiger partial charge in [0.15, 0.2) is 0 Å². The van der Waals surface area contributed by atoms with Gasteiger partial charge in [-0.15, -0.1) is 0 Å². The number of carbonyl (C=O) groups excluding carboxylic acids is 2. The van der Waals surface area contributed by atoms with Crippen LogP contribution in [0, 0.1) is 0 Å². The Hall–Kier alpha value is -2.57. The van der Waals surface area contributed by atoms with Gasteiger partial charge >= 0.3 is 12.0 Å². The number of amides is 3. The van der Waals surface area contributed by atoms with Crippen molar-refractivity contribution in [2.75, 3.05) is 24.5 Å². The molecule has 2 N–H and O–H groups in total. The van der Waals surface area contributed by atoms with Crippen molar-refractivity contribution < 1.29 is 19.5 Å². The number of rotatable bonds is 3. The van der Waals surface area contributed by atoms with Crippen molar-refractivity contribution in [2.45, 2.75) is 18.9 Å². The van der Waals surface area contributed by atoms with Crippen LogP contribution in [-0.2, 0) is 4.79 Å². The Labute approximate surface area is 127 Å². The van der Waals surface area contributed by atoms with Crippen LogP contribution >= 0.6 is 0 Å². The van der Waals surface area contributed by atoms with Crippen LogP contribution < -0.4 is 10.2 Å². The second-order valence-corrected chi connectivity index (χ2v) is 5.43. The molecule has 2 heterocycles. The summed E-state index contributed by atoms with van der Waals surface area (Å²) < 4.78 is 0. The van der Waals surface area contributed by atoms with Gasteiger partial charge in [-0.2, -0.15) is 0 Å². The van der Waals surface area contributed by atoms with Crippen molar-refractivity contribution in [3.8, 4) is 0 Å². The number of nitrogens with one attached hydrogen (secondary N) is 1. The Morgan fingerprint density at radius 3 is 2.50 bits per heavy atom. The van der Waals surface area contributed by atoms with E-state index >= 15 is 0 Å². The smallest absolute Gasteiger partial charge is 0.326 e. The van der Waals surface area contributed by atoms with Crippen molar-refractivity contribution in [1.29, 1.82) is 0 Å². The molecule has 3 amide bonds. The molecule has 7 nitrogen and oxygen atoms in total. The van der Waals surface area contributed by atoms with E-state index in [-0.39, 0.29) is 11.9 Å². The van der Waals surface area contributed by atoms with Crippen molar-refractivity contribution in [3.63, 3.8) is 0 Å². The molecule has 3 rings (SSSR count). The summed E-state index contributed by atoms with van der Waals surface area (Å²) in [4.78, 5) is 38.2. The van der Waals surface area contributed by atoms with E-state index in [1.165, 1.54) is 4.90 Å². The highest BCUT2D eigenvalue weighted by molar-refractivity contribution is 5.98. The second-order valence-electron chi connectivity index (χ2n) is 5.43. The molecule has 0 spiro atoms. The molecule has 0 aromatic heterocycles. The molecule has 7 heteroatoms. The third-order valence-corrected chi connectivity index (χ3v) is 4.08. The first kappa shape index (κ1) is 14.4. The van der Waals surface area contributed by atoms with Crippen LogP contribution in [0.5, 0.6) is 0 Å². The number of carbonyl (C=O) groups is 3. The lowest BCUT2D eigenvalue weighted by Crippen LogP contribution is -2.40. The molecule has 2 aliphatic heterocycles. The molecular weight excluding hydrogens is 286 g/mol. The van der Waals surface area contributed by atoms with E-state index in [2.05, 4.69) is 5.32 Å². The minimum Gasteiger partial charge on any atom is -0.480 e. The van der Waals surface area contributed by atoms with Gasteiger partial charge in [0, 0.05) is 30.9 Å². The Kier molecular flexibility index (Phi) is 3.70. The highest BCUT2D eigenvalue weighted by atomic mass is 16.4. The number of benzene rings is 1. The van der Waals surface area contributed by atoms with Crippen molar-refractivity contribution in [3.05, 3.63) is 29.8 Å². The first-order valence-electron chi connectivity index (χ1n) is 7.27. The molecule has 0 aliphatic carbocycles. The second kappa shape index (κ2) is 5.67. The quantitative estimate of drug-likeness (QED) is 0.868. The predicted octanol–water partition coefficient (Wildman–Crippen LogP) is 0.905. The minimum absolute atomic E-state index is 0.149. The van der Waals surface area contributed by atoms with E-state index in [1.54, 1.807) is 29.2 Å². The van der Waals surface area contributed by atoms with E-state index in [0.717, 1.165) is 5.69 Å². The van der Waals surface area contributed by atoms with Gasteiger partial charge < -0.3 is 15.3 Å². The largest absolute Gasteiger partial charge is 0.480 e. The van der Waals surface area contributed by atoms with Gasteiger partial charge in [0.1, 0.15) is 6.04 Å². The number of anilines is 1. The van der Waals surface area contributed by atoms with E-state index in [4.69, 9.17) is 5.11 Å². The number of hydrogen-bond acceptors (Lipinski definition) is 3. The van der Waals surface area contributed by atoms with Gasteiger partial charge in [-0.1, -0.05) is 0 Å². The molecule has 2 saturated heterocycles. The molecular formula is C15H17N3O4. The average Bonchev–Trinajstić information content (AvgIpc) is 3.15. The summed E-state index contributed by atoms with van der Waals surface area (Å²) in [6.45, 7) is 1.67. The van der Waals surface area contributed by atoms with Crippen LogP contribution in [0.3, 0.4) is 0 Å². The zero-order chi connectivity index (χ0) is 15.7. The first-order chi connectivity index (χ1) is 10.6. The SMILES string of the molecule is O=C(O)[C@@H]1CCCN1C(=O)c1ccc(N2CCNC2=O)cc1. The maximum Gasteiger partial charge on any atom is 0.326 e. The lowest BCUT2D eigenvalue weighted by Gasteiger charge is -2.22. The summed E-state index contributed by atoms with van der Waals surface area (Å²) in [5.41, 5.74) is 1.17. The van der Waals surface area contributed by atoms with Gasteiger partial charge in [0.25, 0.3) is 5.91 Å². The maximum absolute atomic E-state index is 12.4. The molecule has 2 fully saturated rings. The summed E-state index contributed by atoms with van der Waals surface area (Å²) >= 11 is 0. The van der Waals surface area contributed by atoms with Gasteiger partial charge in [-0.25, -0.2) is 9.59 Å². The molecule has 1 atom stereocenters. The van der Waals surface area contributed by atoms with Crippen LogP contribution in [-0.4, -0.2) is 53.6 Å². The highest BCUT2D eigenvalue weighted by Crippen LogP contribution is 2.22. The zero-order valence-corrected chi connectivity index (χ0v) is 12.0. The van der Waals surface area contributed by atoms with Crippen LogP contribution in [0.25, 0.3) is 0 Å². The third kappa shape index (κ3) is 2.49. The third-order valence-electron chi connectivity index (χ3n) is 4.08. The number of aliphatic carboxylic acids is 1. The molecule has 0 bridgehead atoms. The fraction of sp³-hybridized carbons (Fsp3) is 0.400. The Balaban J connectivity index is 1.76. The average molecular weight is 303 g/mol. The van der Waals surface area contributed by atoms with Crippen molar-refractivity contribution in [2.24, 2.45) is 0 Å². The fourth-order valence-electron chi connectivity index (χ4n) is 2.93. The van der Waals surface area contributed by atoms with E-state index in [9.17, 15) is 14.4 Å². The summed E-state index contributed by atoms with van der Waals surface area (Å²) in [7, 11) is 0. The van der Waals surface area contributed by atoms with Crippen LogP contribution in [0.4, 0.5) is 10.5 Å². The predicted molar refractivity (Wildman–Crippen MR) is 78.9 cm³/mol. The Bertz CT molecular complexity index is 614. The summed E-state index contributed by atoms with van der Waals surface area (Å²) in [5.74, 6) is -1.24. The van der Waals surface area contributed by atoms with Gasteiger partial charge in [0.05, 0.1) is 0 Å². The molecule has 1 aromatic rings. The summed E-state index contributed by atoms with van der Waals surface area (Å²) in [5, 5.41) is 11.9. The monoisotopic (exact) mass is 303 g/mol. The number of carboxylic acids is 1. The Morgan fingerprint density at radius 2 is 1.91 bits per heavy atom. The summed E-state index contributed by atoms with van der Waals surface area (Å²) in [6, 6.07) is 5.82. The van der Waals surface area contributed by atoms with Crippen LogP contribution in [0.2, 0.25) is 0 Å². The van der Waals surface area contributed by atoms with E-state index in [0.29, 0.717) is 38.0 Å². The summed E-state index contributed by atoms with van der Waals surface area (Å²) in [6.07, 6.45) is 1.20. The number of nitrogens with zero attached hydrogens (tertiary/aromatic N) is 2. The lowest BCUT2D eigenvalue weighted by molar-refractivity contribution is -0.141. The highest BCUT2D eigenvalue weighted by Gasteiger charge is 2.34. The molecule has 116 valence electrons. The molecule has 2 aliphatic rings. The van der Waals surface area contributed by atoms with E-state index < -0.39 is 12.0 Å². The molecule has 22 heavy (non-hydrogen) atoms. The number of carboxylic acid groups (broad SMARTS) is 1. The van der Waals surface area contributed by atoms with Gasteiger partial charge in [-0.05, 0) is 37.1 Å². The number of likely N-dealkylation sites (tertiary alicyclic amines) is 1. The number of hydrogen-bond donors (Lipinski definition) is 2. The maximum atomic E-state index is 12.4. The molecule has 1 aromatic carbocycles. The first-order valence-corrected chi connectivity index (χ1v) is 7.27. The van der Waals surface area contributed by atoms with Crippen molar-refractivity contribution >= 4 is 23.6 Å². The van der Waals surface area contributed by atoms with Crippen molar-refractivity contribution in [1.82, 2.24) is 10.2 Å². The molecule has 0 radical (unpaired) electrons. The Morgan fingerprint density at radius 1 is 1.18 bits per heavy atom. The topological polar surface area (TPSA) is 89.9 Å². The number of urea groups is 1. The normalized spacial score (nSPS) is 21.1. The molecule has 0 unspecified atom stereocenters. The van der Waals surface area contributed by atoms with Crippen LogP contribution in [0.15, 0.2) is 24.3 Å². The standard InChI is InChI=1S/C15H17N3O4/c19-13(18-8-1-2-12(18)14(20)21)10-3-5-11(6-4-10)17-9-7-16-15(17)22/h3-6,12H,1-2,7-9H2,(H,16,22)(H,20,21)/t12-/m0/s1. The van der Waals surface area contributed by atoms with Crippen LogP contribution in [0.1, 0.15) is 23.2 Å². The molecule has 0 saturated carbocycles.